The molecule has 2 heterocycles. The number of carbonyl (C=O) groups is 1. The highest BCUT2D eigenvalue weighted by Crippen LogP contribution is 2.28. The van der Waals surface area contributed by atoms with E-state index in [1.165, 1.54) is 12.3 Å². The predicted molar refractivity (Wildman–Crippen MR) is 102 cm³/mol. The number of nitrogens with zero attached hydrogens (tertiary/aromatic N) is 2. The molecule has 0 bridgehead atoms. The van der Waals surface area contributed by atoms with Crippen molar-refractivity contribution in [1.82, 2.24) is 4.98 Å². The summed E-state index contributed by atoms with van der Waals surface area (Å²) in [6.45, 7) is 6.26. The van der Waals surface area contributed by atoms with Gasteiger partial charge in [-0.25, -0.2) is 14.8 Å². The standard InChI is InChI=1S/C19H28N2O8/c1-4-27-18(23)19(2)13-29-17(21-19)16-15(22)11-14(12-20-16)28-10-9-26-8-7-25-6-5-24-3/h11-12,22H,4-10,13H2,1-3H3/t19-/m1/s1. The normalized spacial score (nSPS) is 18.2. The van der Waals surface area contributed by atoms with Gasteiger partial charge in [0.25, 0.3) is 0 Å². The number of esters is 1. The van der Waals surface area contributed by atoms with E-state index in [2.05, 4.69) is 9.98 Å². The van der Waals surface area contributed by atoms with Crippen molar-refractivity contribution in [3.8, 4) is 11.5 Å². The van der Waals surface area contributed by atoms with E-state index >= 15 is 0 Å². The third kappa shape index (κ3) is 6.84. The van der Waals surface area contributed by atoms with Crippen molar-refractivity contribution in [2.45, 2.75) is 19.4 Å². The summed E-state index contributed by atoms with van der Waals surface area (Å²) in [4.78, 5) is 20.4. The second-order valence-corrected chi connectivity index (χ2v) is 6.30. The van der Waals surface area contributed by atoms with Crippen molar-refractivity contribution < 1.29 is 38.3 Å². The summed E-state index contributed by atoms with van der Waals surface area (Å²) < 4.78 is 31.5. The van der Waals surface area contributed by atoms with Crippen LogP contribution in [0.2, 0.25) is 0 Å². The Kier molecular flexibility index (Phi) is 9.10. The zero-order chi connectivity index (χ0) is 21.1. The molecule has 1 aliphatic heterocycles. The molecular formula is C19H28N2O8. The lowest BCUT2D eigenvalue weighted by molar-refractivity contribution is -0.149. The summed E-state index contributed by atoms with van der Waals surface area (Å²) in [5.74, 6) is -0.195. The number of ether oxygens (including phenoxy) is 6. The average Bonchev–Trinajstić information content (AvgIpc) is 3.10. The van der Waals surface area contributed by atoms with E-state index < -0.39 is 11.5 Å². The van der Waals surface area contributed by atoms with Crippen molar-refractivity contribution in [3.05, 3.63) is 18.0 Å². The van der Waals surface area contributed by atoms with E-state index in [0.29, 0.717) is 38.8 Å². The molecule has 0 aliphatic carbocycles. The Hall–Kier alpha value is -2.43. The Morgan fingerprint density at radius 3 is 2.55 bits per heavy atom. The first-order valence-electron chi connectivity index (χ1n) is 9.36. The number of methoxy groups -OCH3 is 1. The quantitative estimate of drug-likeness (QED) is 0.373. The molecule has 10 heteroatoms. The molecule has 0 radical (unpaired) electrons. The molecule has 10 nitrogen and oxygen atoms in total. The highest BCUT2D eigenvalue weighted by atomic mass is 16.6. The van der Waals surface area contributed by atoms with E-state index in [4.69, 9.17) is 28.4 Å². The van der Waals surface area contributed by atoms with Gasteiger partial charge in [-0.05, 0) is 13.8 Å². The summed E-state index contributed by atoms with van der Waals surface area (Å²) in [5.41, 5.74) is -1.02. The van der Waals surface area contributed by atoms with Gasteiger partial charge in [0.15, 0.2) is 17.0 Å². The molecule has 29 heavy (non-hydrogen) atoms. The third-order valence-electron chi connectivity index (χ3n) is 3.90. The van der Waals surface area contributed by atoms with Gasteiger partial charge in [0.2, 0.25) is 5.90 Å². The van der Waals surface area contributed by atoms with Crippen molar-refractivity contribution in [1.29, 1.82) is 0 Å². The molecule has 0 amide bonds. The maximum absolute atomic E-state index is 12.0. The fourth-order valence-corrected chi connectivity index (χ4v) is 2.37. The first kappa shape index (κ1) is 22.9. The average molecular weight is 412 g/mol. The van der Waals surface area contributed by atoms with Crippen LogP contribution in [0.5, 0.6) is 11.5 Å². The van der Waals surface area contributed by atoms with Crippen LogP contribution in [0.4, 0.5) is 0 Å². The molecule has 0 saturated heterocycles. The monoisotopic (exact) mass is 412 g/mol. The van der Waals surface area contributed by atoms with E-state index in [1.807, 2.05) is 0 Å². The molecule has 1 aliphatic rings. The largest absolute Gasteiger partial charge is 0.505 e. The molecule has 0 fully saturated rings. The topological polar surface area (TPSA) is 118 Å². The number of aromatic nitrogens is 1. The van der Waals surface area contributed by atoms with E-state index in [1.54, 1.807) is 21.0 Å². The maximum Gasteiger partial charge on any atom is 0.337 e. The number of carbonyl (C=O) groups excluding carboxylic acids is 1. The second kappa shape index (κ2) is 11.5. The van der Waals surface area contributed by atoms with Crippen LogP contribution in [0.15, 0.2) is 17.3 Å². The first-order chi connectivity index (χ1) is 14.0. The van der Waals surface area contributed by atoms with E-state index in [9.17, 15) is 9.90 Å². The molecule has 1 aromatic heterocycles. The van der Waals surface area contributed by atoms with Gasteiger partial charge in [0.1, 0.15) is 19.0 Å². The molecule has 1 N–H and O–H groups in total. The predicted octanol–water partition coefficient (Wildman–Crippen LogP) is 0.944. The fraction of sp³-hybridized carbons (Fsp3) is 0.632. The summed E-state index contributed by atoms with van der Waals surface area (Å²) in [6, 6.07) is 1.40. The number of aromatic hydroxyl groups is 1. The Morgan fingerprint density at radius 2 is 1.90 bits per heavy atom. The van der Waals surface area contributed by atoms with E-state index in [0.717, 1.165) is 0 Å². The van der Waals surface area contributed by atoms with Crippen LogP contribution in [0.25, 0.3) is 0 Å². The lowest BCUT2D eigenvalue weighted by atomic mass is 10.1. The van der Waals surface area contributed by atoms with Gasteiger partial charge in [0.05, 0.1) is 45.8 Å². The van der Waals surface area contributed by atoms with Gasteiger partial charge in [-0.1, -0.05) is 0 Å². The molecule has 0 aromatic carbocycles. The summed E-state index contributed by atoms with van der Waals surface area (Å²) >= 11 is 0. The highest BCUT2D eigenvalue weighted by Gasteiger charge is 2.42. The molecule has 0 saturated carbocycles. The summed E-state index contributed by atoms with van der Waals surface area (Å²) in [5, 5.41) is 10.2. The SMILES string of the molecule is CCOC(=O)[C@@]1(C)COC(c2ncc(OCCOCCOCCOC)cc2O)=N1. The van der Waals surface area contributed by atoms with Gasteiger partial charge in [-0.15, -0.1) is 0 Å². The molecular weight excluding hydrogens is 384 g/mol. The van der Waals surface area contributed by atoms with Gasteiger partial charge >= 0.3 is 5.97 Å². The van der Waals surface area contributed by atoms with Gasteiger partial charge < -0.3 is 33.5 Å². The highest BCUT2D eigenvalue weighted by molar-refractivity contribution is 5.99. The lowest BCUT2D eigenvalue weighted by Gasteiger charge is -2.15. The van der Waals surface area contributed by atoms with Crippen molar-refractivity contribution in [2.75, 3.05) is 60.0 Å². The van der Waals surface area contributed by atoms with Crippen molar-refractivity contribution in [2.24, 2.45) is 4.99 Å². The van der Waals surface area contributed by atoms with Crippen LogP contribution in [-0.2, 0) is 28.5 Å². The smallest absolute Gasteiger partial charge is 0.337 e. The number of pyridine rings is 1. The molecule has 0 spiro atoms. The first-order valence-corrected chi connectivity index (χ1v) is 9.36. The van der Waals surface area contributed by atoms with E-state index in [-0.39, 0.29) is 37.2 Å². The van der Waals surface area contributed by atoms with Crippen LogP contribution in [0, 0.1) is 0 Å². The molecule has 0 unspecified atom stereocenters. The number of rotatable bonds is 13. The molecule has 2 rings (SSSR count). The van der Waals surface area contributed by atoms with Crippen molar-refractivity contribution in [3.63, 3.8) is 0 Å². The molecule has 1 aromatic rings. The Morgan fingerprint density at radius 1 is 1.21 bits per heavy atom. The summed E-state index contributed by atoms with van der Waals surface area (Å²) in [6.07, 6.45) is 1.44. The van der Waals surface area contributed by atoms with Crippen LogP contribution in [0.1, 0.15) is 19.5 Å². The van der Waals surface area contributed by atoms with Gasteiger partial charge in [-0.2, -0.15) is 0 Å². The maximum atomic E-state index is 12.0. The number of hydrogen-bond donors (Lipinski definition) is 1. The van der Waals surface area contributed by atoms with Crippen LogP contribution in [-0.4, -0.2) is 87.5 Å². The zero-order valence-electron chi connectivity index (χ0n) is 17.0. The van der Waals surface area contributed by atoms with Crippen LogP contribution in [0.3, 0.4) is 0 Å². The second-order valence-electron chi connectivity index (χ2n) is 6.30. The van der Waals surface area contributed by atoms with Gasteiger partial charge in [0, 0.05) is 13.2 Å². The Labute approximate surface area is 169 Å². The van der Waals surface area contributed by atoms with Crippen LogP contribution < -0.4 is 4.74 Å². The lowest BCUT2D eigenvalue weighted by Crippen LogP contribution is -2.36. The number of hydrogen-bond acceptors (Lipinski definition) is 10. The number of aliphatic imine (C=N–C) groups is 1. The minimum Gasteiger partial charge on any atom is -0.505 e. The Balaban J connectivity index is 1.79. The van der Waals surface area contributed by atoms with Gasteiger partial charge in [-0.3, -0.25) is 0 Å². The molecule has 162 valence electrons. The molecule has 1 atom stereocenters. The zero-order valence-corrected chi connectivity index (χ0v) is 17.0. The minimum atomic E-state index is -1.15. The van der Waals surface area contributed by atoms with Crippen LogP contribution >= 0.6 is 0 Å². The Bertz CT molecular complexity index is 697. The minimum absolute atomic E-state index is 0.0209. The fourth-order valence-electron chi connectivity index (χ4n) is 2.37. The van der Waals surface area contributed by atoms with Crippen molar-refractivity contribution >= 4 is 11.9 Å². The third-order valence-corrected chi connectivity index (χ3v) is 3.90. The summed E-state index contributed by atoms with van der Waals surface area (Å²) in [7, 11) is 1.62.